The van der Waals surface area contributed by atoms with Crippen LogP contribution in [0.2, 0.25) is 0 Å². The molecule has 2 amide bonds. The van der Waals surface area contributed by atoms with Gasteiger partial charge in [-0.2, -0.15) is 11.8 Å². The van der Waals surface area contributed by atoms with E-state index in [1.54, 1.807) is 11.8 Å². The lowest BCUT2D eigenvalue weighted by molar-refractivity contribution is 0.152. The summed E-state index contributed by atoms with van der Waals surface area (Å²) in [6.07, 6.45) is 1.80. The third-order valence-corrected chi connectivity index (χ3v) is 5.80. The molecule has 0 saturated carbocycles. The fourth-order valence-corrected chi connectivity index (χ4v) is 1.99. The quantitative estimate of drug-likeness (QED) is 0.384. The highest BCUT2D eigenvalue weighted by Crippen LogP contribution is 2.07. The molecule has 10 nitrogen and oxygen atoms in total. The zero-order valence-electron chi connectivity index (χ0n) is 16.3. The Bertz CT molecular complexity index is 619. The van der Waals surface area contributed by atoms with Crippen LogP contribution in [-0.2, 0) is 19.5 Å². The van der Waals surface area contributed by atoms with Gasteiger partial charge in [0.1, 0.15) is 0 Å². The van der Waals surface area contributed by atoms with Crippen molar-refractivity contribution in [1.29, 1.82) is 0 Å². The normalized spacial score (nSPS) is 14.3. The van der Waals surface area contributed by atoms with E-state index in [9.17, 15) is 18.0 Å². The van der Waals surface area contributed by atoms with E-state index in [-0.39, 0.29) is 11.0 Å². The minimum absolute atomic E-state index is 0.233. The summed E-state index contributed by atoms with van der Waals surface area (Å²) in [4.78, 5) is 30.0. The summed E-state index contributed by atoms with van der Waals surface area (Å²) >= 11 is 1.65. The zero-order valence-corrected chi connectivity index (χ0v) is 17.9. The fraction of sp³-hybridized carbons (Fsp3) is 0.714. The molecule has 0 aliphatic heterocycles. The van der Waals surface area contributed by atoms with Gasteiger partial charge in [-0.3, -0.25) is 9.68 Å². The third-order valence-electron chi connectivity index (χ3n) is 3.13. The number of hydrogen-bond acceptors (Lipinski definition) is 9. The van der Waals surface area contributed by atoms with Crippen molar-refractivity contribution in [1.82, 2.24) is 10.6 Å². The molecular weight excluding hydrogens is 384 g/mol. The molecule has 0 radical (unpaired) electrons. The van der Waals surface area contributed by atoms with Crippen molar-refractivity contribution in [3.63, 3.8) is 0 Å². The molecule has 26 heavy (non-hydrogen) atoms. The summed E-state index contributed by atoms with van der Waals surface area (Å²) in [5.41, 5.74) is 1.03. The lowest BCUT2D eigenvalue weighted by atomic mass is 10.3. The maximum atomic E-state index is 11.0. The molecule has 0 aromatic carbocycles. The molecule has 0 aliphatic carbocycles. The number of oxime groups is 2. The van der Waals surface area contributed by atoms with Crippen molar-refractivity contribution < 1.29 is 27.7 Å². The van der Waals surface area contributed by atoms with Gasteiger partial charge in [0, 0.05) is 25.6 Å². The smallest absolute Gasteiger partial charge is 0.323 e. The van der Waals surface area contributed by atoms with Gasteiger partial charge in [-0.1, -0.05) is 10.3 Å². The largest absolute Gasteiger partial charge is 0.433 e. The molecule has 0 aromatic heterocycles. The second-order valence-corrected chi connectivity index (χ2v) is 8.62. The molecule has 0 aliphatic rings. The van der Waals surface area contributed by atoms with E-state index in [1.807, 2.05) is 20.1 Å². The Morgan fingerprint density at radius 1 is 0.962 bits per heavy atom. The molecule has 12 heteroatoms. The van der Waals surface area contributed by atoms with Crippen LogP contribution in [-0.4, -0.2) is 69.1 Å². The minimum atomic E-state index is -3.20. The zero-order chi connectivity index (χ0) is 20.9. The van der Waals surface area contributed by atoms with E-state index in [0.29, 0.717) is 0 Å². The van der Waals surface area contributed by atoms with Crippen LogP contribution in [0.4, 0.5) is 9.59 Å². The molecule has 0 spiro atoms. The fourth-order valence-electron chi connectivity index (χ4n) is 0.947. The average Bonchev–Trinajstić information content (AvgIpc) is 2.61. The van der Waals surface area contributed by atoms with Crippen LogP contribution < -0.4 is 10.6 Å². The highest BCUT2D eigenvalue weighted by molar-refractivity contribution is 7.99. The summed E-state index contributed by atoms with van der Waals surface area (Å²) in [5.74, 6) is 0. The van der Waals surface area contributed by atoms with E-state index < -0.39 is 27.3 Å². The van der Waals surface area contributed by atoms with E-state index in [1.165, 1.54) is 27.9 Å². The Morgan fingerprint density at radius 2 is 1.35 bits per heavy atom. The number of rotatable bonds is 6. The predicted octanol–water partition coefficient (Wildman–Crippen LogP) is 1.62. The Hall–Kier alpha value is -1.82. The van der Waals surface area contributed by atoms with Gasteiger partial charge in [0.05, 0.1) is 16.7 Å². The first-order valence-electron chi connectivity index (χ1n) is 7.48. The summed E-state index contributed by atoms with van der Waals surface area (Å²) in [6.45, 7) is 6.77. The van der Waals surface area contributed by atoms with Crippen molar-refractivity contribution in [2.75, 3.05) is 26.6 Å². The first-order chi connectivity index (χ1) is 11.9. The van der Waals surface area contributed by atoms with Crippen LogP contribution in [0, 0.1) is 0 Å². The monoisotopic (exact) mass is 412 g/mol. The second-order valence-electron chi connectivity index (χ2n) is 5.07. The van der Waals surface area contributed by atoms with Gasteiger partial charge in [0.25, 0.3) is 0 Å². The van der Waals surface area contributed by atoms with Crippen molar-refractivity contribution in [3.05, 3.63) is 0 Å². The second kappa shape index (κ2) is 13.4. The molecule has 0 fully saturated rings. The lowest BCUT2D eigenvalue weighted by Crippen LogP contribution is -2.25. The topological polar surface area (TPSA) is 136 Å². The molecule has 2 atom stereocenters. The molecule has 0 bridgehead atoms. The number of carbonyl (C=O) groups is 2. The van der Waals surface area contributed by atoms with Gasteiger partial charge >= 0.3 is 12.2 Å². The maximum Gasteiger partial charge on any atom is 0.433 e. The van der Waals surface area contributed by atoms with Crippen molar-refractivity contribution in [2.45, 2.75) is 38.2 Å². The number of carbonyl (C=O) groups excluding carboxylic acids is 2. The van der Waals surface area contributed by atoms with E-state index >= 15 is 0 Å². The average molecular weight is 413 g/mol. The van der Waals surface area contributed by atoms with Gasteiger partial charge in [0.2, 0.25) is 0 Å². The number of amides is 2. The van der Waals surface area contributed by atoms with Crippen molar-refractivity contribution in [3.8, 4) is 0 Å². The SMILES string of the molecule is CNC(=O)O/N=C(\C)C(C)S(C)(=O)=O.CNC(=O)O/N=C(\C)C(C)SC. The summed E-state index contributed by atoms with van der Waals surface area (Å²) < 4.78 is 22.1. The number of nitrogens with zero attached hydrogens (tertiary/aromatic N) is 2. The Labute approximate surface area is 159 Å². The molecule has 2 unspecified atom stereocenters. The van der Waals surface area contributed by atoms with Gasteiger partial charge < -0.3 is 10.6 Å². The molecule has 0 saturated heterocycles. The van der Waals surface area contributed by atoms with Gasteiger partial charge in [-0.05, 0) is 34.0 Å². The number of sulfone groups is 1. The molecule has 0 rings (SSSR count). The molecular formula is C14H28N4O6S2. The van der Waals surface area contributed by atoms with Crippen LogP contribution in [0.25, 0.3) is 0 Å². The van der Waals surface area contributed by atoms with Crippen LogP contribution in [0.1, 0.15) is 27.7 Å². The standard InChI is InChI=1S/C7H14N2O4S.C7H14N2O2S/c1-5(6(2)14(4,11)12)9-13-7(10)8-3;1-5(6(2)12-4)9-11-7(10)8-3/h6H,1-4H3,(H,8,10);6H,1-4H3,(H,8,10)/b2*9-5+. The van der Waals surface area contributed by atoms with Crippen LogP contribution in [0.15, 0.2) is 10.3 Å². The number of nitrogens with one attached hydrogen (secondary N) is 2. The molecule has 0 aromatic rings. The first-order valence-corrected chi connectivity index (χ1v) is 10.7. The molecule has 2 N–H and O–H groups in total. The molecule has 152 valence electrons. The van der Waals surface area contributed by atoms with Gasteiger partial charge in [-0.15, -0.1) is 0 Å². The minimum Gasteiger partial charge on any atom is -0.323 e. The maximum absolute atomic E-state index is 11.0. The Kier molecular flexibility index (Phi) is 13.6. The Morgan fingerprint density at radius 3 is 1.65 bits per heavy atom. The third kappa shape index (κ3) is 12.5. The Balaban J connectivity index is 0. The van der Waals surface area contributed by atoms with E-state index in [4.69, 9.17) is 0 Å². The first kappa shape index (κ1) is 26.4. The summed E-state index contributed by atoms with van der Waals surface area (Å²) in [7, 11) is -0.326. The van der Waals surface area contributed by atoms with Crippen molar-refractivity contribution in [2.24, 2.45) is 10.3 Å². The number of hydrogen-bond donors (Lipinski definition) is 2. The van der Waals surface area contributed by atoms with Crippen LogP contribution in [0.3, 0.4) is 0 Å². The highest BCUT2D eigenvalue weighted by atomic mass is 32.2. The highest BCUT2D eigenvalue weighted by Gasteiger charge is 2.18. The van der Waals surface area contributed by atoms with Gasteiger partial charge in [-0.25, -0.2) is 18.0 Å². The lowest BCUT2D eigenvalue weighted by Gasteiger charge is -2.07. The van der Waals surface area contributed by atoms with Gasteiger partial charge in [0.15, 0.2) is 9.84 Å². The molecule has 0 heterocycles. The van der Waals surface area contributed by atoms with Crippen LogP contribution in [0.5, 0.6) is 0 Å². The predicted molar refractivity (Wildman–Crippen MR) is 105 cm³/mol. The van der Waals surface area contributed by atoms with Crippen molar-refractivity contribution >= 4 is 45.2 Å². The van der Waals surface area contributed by atoms with E-state index in [2.05, 4.69) is 30.6 Å². The van der Waals surface area contributed by atoms with Crippen LogP contribution >= 0.6 is 11.8 Å². The summed E-state index contributed by atoms with van der Waals surface area (Å²) in [6, 6.07) is 0. The van der Waals surface area contributed by atoms with E-state index in [0.717, 1.165) is 12.0 Å². The number of thioether (sulfide) groups is 1. The summed E-state index contributed by atoms with van der Waals surface area (Å²) in [5, 5.41) is 11.0.